The molecule has 0 radical (unpaired) electrons. The Hall–Kier alpha value is -3.49. The van der Waals surface area contributed by atoms with Crippen LogP contribution in [0, 0.1) is 15.9 Å². The third-order valence-electron chi connectivity index (χ3n) is 3.17. The van der Waals surface area contributed by atoms with Gasteiger partial charge >= 0.3 is 11.8 Å². The molecule has 0 heterocycles. The van der Waals surface area contributed by atoms with Gasteiger partial charge in [-0.25, -0.2) is 4.79 Å². The summed E-state index contributed by atoms with van der Waals surface area (Å²) >= 11 is 0. The van der Waals surface area contributed by atoms with Gasteiger partial charge in [0.2, 0.25) is 5.82 Å². The summed E-state index contributed by atoms with van der Waals surface area (Å²) in [5.74, 6) is -1.58. The summed E-state index contributed by atoms with van der Waals surface area (Å²) in [7, 11) is 0. The van der Waals surface area contributed by atoms with E-state index >= 15 is 0 Å². The van der Waals surface area contributed by atoms with Crippen LogP contribution in [-0.2, 0) is 4.74 Å². The zero-order chi connectivity index (χ0) is 20.2. The van der Waals surface area contributed by atoms with Crippen LogP contribution in [0.5, 0.6) is 0 Å². The molecule has 2 aromatic carbocycles. The van der Waals surface area contributed by atoms with Gasteiger partial charge in [0.1, 0.15) is 5.60 Å². The fourth-order valence-corrected chi connectivity index (χ4v) is 2.09. The van der Waals surface area contributed by atoms with Crippen molar-refractivity contribution in [2.45, 2.75) is 26.4 Å². The Kier molecular flexibility index (Phi) is 5.74. The molecule has 2 amide bonds. The van der Waals surface area contributed by atoms with Crippen LogP contribution in [0.4, 0.5) is 26.2 Å². The summed E-state index contributed by atoms with van der Waals surface area (Å²) in [6.45, 7) is 5.16. The maximum atomic E-state index is 13.4. The molecule has 27 heavy (non-hydrogen) atoms. The van der Waals surface area contributed by atoms with E-state index in [1.807, 2.05) is 0 Å². The second-order valence-corrected chi connectivity index (χ2v) is 6.59. The smallest absolute Gasteiger partial charge is 0.412 e. The molecule has 0 saturated heterocycles. The molecule has 0 aliphatic heterocycles. The molecule has 142 valence electrons. The first-order valence-electron chi connectivity index (χ1n) is 7.90. The number of rotatable bonds is 4. The molecule has 0 saturated carbocycles. The molecule has 8 nitrogen and oxygen atoms in total. The van der Waals surface area contributed by atoms with Crippen molar-refractivity contribution in [3.63, 3.8) is 0 Å². The molecule has 9 heteroatoms. The van der Waals surface area contributed by atoms with E-state index < -0.39 is 34.0 Å². The minimum absolute atomic E-state index is 0.0682. The van der Waals surface area contributed by atoms with Crippen molar-refractivity contribution in [1.29, 1.82) is 0 Å². The summed E-state index contributed by atoms with van der Waals surface area (Å²) in [4.78, 5) is 34.0. The van der Waals surface area contributed by atoms with E-state index in [-0.39, 0.29) is 11.3 Å². The summed E-state index contributed by atoms with van der Waals surface area (Å²) in [6.07, 6.45) is -0.672. The van der Waals surface area contributed by atoms with E-state index in [0.717, 1.165) is 12.1 Å². The van der Waals surface area contributed by atoms with Gasteiger partial charge < -0.3 is 10.1 Å². The summed E-state index contributed by atoms with van der Waals surface area (Å²) in [5.41, 5.74) is -0.819. The maximum absolute atomic E-state index is 13.4. The number of halogens is 1. The van der Waals surface area contributed by atoms with Gasteiger partial charge in [-0.05, 0) is 51.1 Å². The maximum Gasteiger partial charge on any atom is 0.412 e. The van der Waals surface area contributed by atoms with Crippen LogP contribution in [0.1, 0.15) is 31.1 Å². The van der Waals surface area contributed by atoms with Gasteiger partial charge in [-0.15, -0.1) is 0 Å². The number of nitrogens with zero attached hydrogens (tertiary/aromatic N) is 1. The average molecular weight is 375 g/mol. The lowest BCUT2D eigenvalue weighted by Gasteiger charge is -2.19. The van der Waals surface area contributed by atoms with Crippen molar-refractivity contribution >= 4 is 29.1 Å². The molecule has 0 atom stereocenters. The van der Waals surface area contributed by atoms with Gasteiger partial charge in [0.05, 0.1) is 4.92 Å². The summed E-state index contributed by atoms with van der Waals surface area (Å²) in [6, 6.07) is 9.07. The lowest BCUT2D eigenvalue weighted by Crippen LogP contribution is -2.27. The molecular weight excluding hydrogens is 357 g/mol. The Bertz CT molecular complexity index is 893. The predicted octanol–water partition coefficient (Wildman–Crippen LogP) is 4.33. The van der Waals surface area contributed by atoms with Crippen LogP contribution in [0.15, 0.2) is 42.5 Å². The van der Waals surface area contributed by atoms with Crippen LogP contribution in [0.2, 0.25) is 0 Å². The third kappa shape index (κ3) is 5.77. The molecule has 0 aliphatic carbocycles. The average Bonchev–Trinajstić information content (AvgIpc) is 2.54. The lowest BCUT2D eigenvalue weighted by atomic mass is 10.1. The number of nitro groups is 1. The Morgan fingerprint density at radius 3 is 2.37 bits per heavy atom. The van der Waals surface area contributed by atoms with Crippen molar-refractivity contribution in [2.75, 3.05) is 10.6 Å². The molecule has 0 aromatic heterocycles. The molecule has 2 N–H and O–H groups in total. The second-order valence-electron chi connectivity index (χ2n) is 6.59. The molecule has 0 spiro atoms. The monoisotopic (exact) mass is 375 g/mol. The first kappa shape index (κ1) is 19.8. The number of amides is 2. The van der Waals surface area contributed by atoms with Gasteiger partial charge in [-0.2, -0.15) is 4.39 Å². The Balaban J connectivity index is 2.12. The van der Waals surface area contributed by atoms with Crippen LogP contribution in [0.3, 0.4) is 0 Å². The molecule has 2 rings (SSSR count). The van der Waals surface area contributed by atoms with Crippen molar-refractivity contribution in [3.8, 4) is 0 Å². The van der Waals surface area contributed by atoms with Gasteiger partial charge in [0.25, 0.3) is 5.91 Å². The SMILES string of the molecule is CC(C)(C)OC(=O)Nc1cccc(C(=O)Nc2ccc(F)c([N+](=O)[O-])c2)c1. The van der Waals surface area contributed by atoms with E-state index in [4.69, 9.17) is 4.74 Å². The van der Waals surface area contributed by atoms with E-state index in [2.05, 4.69) is 10.6 Å². The largest absolute Gasteiger partial charge is 0.444 e. The topological polar surface area (TPSA) is 111 Å². The minimum atomic E-state index is -0.999. The quantitative estimate of drug-likeness (QED) is 0.610. The van der Waals surface area contributed by atoms with Crippen LogP contribution in [0.25, 0.3) is 0 Å². The normalized spacial score (nSPS) is 10.8. The number of carbonyl (C=O) groups is 2. The summed E-state index contributed by atoms with van der Waals surface area (Å²) in [5, 5.41) is 15.7. The van der Waals surface area contributed by atoms with E-state index in [9.17, 15) is 24.1 Å². The molecule has 0 bridgehead atoms. The standard InChI is InChI=1S/C18H18FN3O5/c1-18(2,3)27-17(24)21-12-6-4-5-11(9-12)16(23)20-13-7-8-14(19)15(10-13)22(25)26/h4-10H,1-3H3,(H,20,23)(H,21,24). The van der Waals surface area contributed by atoms with Crippen LogP contribution < -0.4 is 10.6 Å². The Morgan fingerprint density at radius 1 is 1.07 bits per heavy atom. The van der Waals surface area contributed by atoms with Gasteiger partial charge in [-0.1, -0.05) is 6.07 Å². The van der Waals surface area contributed by atoms with Crippen molar-refractivity contribution < 1.29 is 23.6 Å². The zero-order valence-corrected chi connectivity index (χ0v) is 14.9. The summed E-state index contributed by atoms with van der Waals surface area (Å²) < 4.78 is 18.5. The Morgan fingerprint density at radius 2 is 1.74 bits per heavy atom. The number of nitro benzene ring substituents is 1. The van der Waals surface area contributed by atoms with Crippen molar-refractivity contribution in [1.82, 2.24) is 0 Å². The highest BCUT2D eigenvalue weighted by Crippen LogP contribution is 2.22. The Labute approximate surface area is 154 Å². The fourth-order valence-electron chi connectivity index (χ4n) is 2.09. The number of anilines is 2. The number of benzene rings is 2. The number of carbonyl (C=O) groups excluding carboxylic acids is 2. The number of hydrogen-bond donors (Lipinski definition) is 2. The highest BCUT2D eigenvalue weighted by atomic mass is 19.1. The predicted molar refractivity (Wildman–Crippen MR) is 97.3 cm³/mol. The second kappa shape index (κ2) is 7.81. The van der Waals surface area contributed by atoms with Crippen molar-refractivity contribution in [2.24, 2.45) is 0 Å². The first-order valence-corrected chi connectivity index (χ1v) is 7.90. The zero-order valence-electron chi connectivity index (χ0n) is 14.9. The first-order chi connectivity index (χ1) is 12.5. The van der Waals surface area contributed by atoms with Crippen molar-refractivity contribution in [3.05, 3.63) is 64.0 Å². The third-order valence-corrected chi connectivity index (χ3v) is 3.17. The molecule has 0 unspecified atom stereocenters. The van der Waals surface area contributed by atoms with E-state index in [1.165, 1.54) is 18.2 Å². The van der Waals surface area contributed by atoms with E-state index in [1.54, 1.807) is 32.9 Å². The van der Waals surface area contributed by atoms with Crippen LogP contribution >= 0.6 is 0 Å². The lowest BCUT2D eigenvalue weighted by molar-refractivity contribution is -0.387. The van der Waals surface area contributed by atoms with Crippen LogP contribution in [-0.4, -0.2) is 22.5 Å². The molecule has 0 fully saturated rings. The van der Waals surface area contributed by atoms with Gasteiger partial charge in [0, 0.05) is 23.0 Å². The van der Waals surface area contributed by atoms with E-state index in [0.29, 0.717) is 5.69 Å². The minimum Gasteiger partial charge on any atom is -0.444 e. The highest BCUT2D eigenvalue weighted by molar-refractivity contribution is 6.05. The number of hydrogen-bond acceptors (Lipinski definition) is 5. The fraction of sp³-hybridized carbons (Fsp3) is 0.222. The number of ether oxygens (including phenoxy) is 1. The molecule has 2 aromatic rings. The van der Waals surface area contributed by atoms with Gasteiger partial charge in [0.15, 0.2) is 0 Å². The number of nitrogens with one attached hydrogen (secondary N) is 2. The molecular formula is C18H18FN3O5. The van der Waals surface area contributed by atoms with Gasteiger partial charge in [-0.3, -0.25) is 20.2 Å². The highest BCUT2D eigenvalue weighted by Gasteiger charge is 2.18. The molecule has 0 aliphatic rings.